The van der Waals surface area contributed by atoms with Crippen molar-refractivity contribution in [2.75, 3.05) is 5.75 Å². The third-order valence-electron chi connectivity index (χ3n) is 2.02. The summed E-state index contributed by atoms with van der Waals surface area (Å²) in [5.74, 6) is 0.183. The van der Waals surface area contributed by atoms with Gasteiger partial charge in [0.05, 0.1) is 5.75 Å². The maximum absolute atomic E-state index is 11.0. The van der Waals surface area contributed by atoms with Crippen molar-refractivity contribution in [2.45, 2.75) is 5.37 Å². The lowest BCUT2D eigenvalue weighted by Crippen LogP contribution is -2.23. The first-order valence-corrected chi connectivity index (χ1v) is 5.15. The van der Waals surface area contributed by atoms with Crippen LogP contribution in [0.5, 0.6) is 5.75 Å². The monoisotopic (exact) mass is 211 g/mol. The van der Waals surface area contributed by atoms with Crippen LogP contribution in [-0.4, -0.2) is 27.0 Å². The lowest BCUT2D eigenvalue weighted by Gasteiger charge is -2.16. The van der Waals surface area contributed by atoms with Crippen molar-refractivity contribution in [1.82, 2.24) is 5.06 Å². The van der Waals surface area contributed by atoms with E-state index in [1.165, 1.54) is 23.9 Å². The molecular weight excluding hydrogens is 202 g/mol. The Labute approximate surface area is 85.1 Å². The highest BCUT2D eigenvalue weighted by Crippen LogP contribution is 2.37. The largest absolute Gasteiger partial charge is 0.508 e. The highest BCUT2D eigenvalue weighted by atomic mass is 32.2. The quantitative estimate of drug-likeness (QED) is 0.688. The van der Waals surface area contributed by atoms with Crippen LogP contribution in [0.2, 0.25) is 0 Å². The van der Waals surface area contributed by atoms with E-state index in [4.69, 9.17) is 5.11 Å². The molecule has 14 heavy (non-hydrogen) atoms. The molecule has 1 atom stereocenters. The lowest BCUT2D eigenvalue weighted by atomic mass is 10.2. The number of hydrogen-bond acceptors (Lipinski definition) is 4. The van der Waals surface area contributed by atoms with E-state index in [9.17, 15) is 10.0 Å². The van der Waals surface area contributed by atoms with Gasteiger partial charge in [-0.1, -0.05) is 12.1 Å². The number of carbonyl (C=O) groups is 1. The van der Waals surface area contributed by atoms with Crippen LogP contribution >= 0.6 is 11.8 Å². The number of thioether (sulfide) groups is 1. The summed E-state index contributed by atoms with van der Waals surface area (Å²) in [6, 6.07) is 6.45. The Bertz CT molecular complexity index is 352. The van der Waals surface area contributed by atoms with E-state index >= 15 is 0 Å². The second kappa shape index (κ2) is 3.51. The van der Waals surface area contributed by atoms with E-state index < -0.39 is 0 Å². The molecule has 74 valence electrons. The molecule has 1 fully saturated rings. The highest BCUT2D eigenvalue weighted by molar-refractivity contribution is 8.00. The van der Waals surface area contributed by atoms with Crippen molar-refractivity contribution in [3.8, 4) is 5.75 Å². The summed E-state index contributed by atoms with van der Waals surface area (Å²) < 4.78 is 0. The zero-order valence-electron chi connectivity index (χ0n) is 7.25. The summed E-state index contributed by atoms with van der Waals surface area (Å²) in [6.07, 6.45) is 0. The summed E-state index contributed by atoms with van der Waals surface area (Å²) in [4.78, 5) is 11.0. The fraction of sp³-hybridized carbons (Fsp3) is 0.222. The van der Waals surface area contributed by atoms with Crippen LogP contribution < -0.4 is 0 Å². The summed E-state index contributed by atoms with van der Waals surface area (Å²) in [6.45, 7) is 0. The first kappa shape index (κ1) is 9.36. The van der Waals surface area contributed by atoms with Crippen LogP contribution in [-0.2, 0) is 4.79 Å². The first-order chi connectivity index (χ1) is 6.68. The van der Waals surface area contributed by atoms with Crippen molar-refractivity contribution in [2.24, 2.45) is 0 Å². The Morgan fingerprint density at radius 2 is 2.00 bits per heavy atom. The molecule has 1 aliphatic heterocycles. The summed E-state index contributed by atoms with van der Waals surface area (Å²) in [5.41, 5.74) is 0.807. The van der Waals surface area contributed by atoms with Gasteiger partial charge in [-0.15, -0.1) is 11.8 Å². The van der Waals surface area contributed by atoms with Crippen LogP contribution in [0.25, 0.3) is 0 Å². The molecule has 5 heteroatoms. The molecule has 0 aromatic heterocycles. The van der Waals surface area contributed by atoms with Gasteiger partial charge in [-0.2, -0.15) is 0 Å². The van der Waals surface area contributed by atoms with Crippen LogP contribution in [0.1, 0.15) is 10.9 Å². The van der Waals surface area contributed by atoms with Crippen LogP contribution in [0.15, 0.2) is 24.3 Å². The standard InChI is InChI=1S/C9H9NO3S/c11-7-3-1-6(2-4-7)9-10(13)8(12)5-14-9/h1-4,9,11,13H,5H2. The molecule has 2 N–H and O–H groups in total. The molecule has 2 rings (SSSR count). The second-order valence-corrected chi connectivity index (χ2v) is 4.06. The maximum atomic E-state index is 11.0. The van der Waals surface area contributed by atoms with Crippen LogP contribution in [0, 0.1) is 0 Å². The van der Waals surface area contributed by atoms with E-state index in [1.54, 1.807) is 12.1 Å². The van der Waals surface area contributed by atoms with Gasteiger partial charge in [-0.3, -0.25) is 10.0 Å². The molecular formula is C9H9NO3S. The van der Waals surface area contributed by atoms with Gasteiger partial charge in [0.1, 0.15) is 11.1 Å². The molecule has 1 aliphatic rings. The zero-order valence-corrected chi connectivity index (χ0v) is 8.07. The molecule has 4 nitrogen and oxygen atoms in total. The number of phenols is 1. The van der Waals surface area contributed by atoms with Gasteiger partial charge in [0.25, 0.3) is 5.91 Å². The average Bonchev–Trinajstić information content (AvgIpc) is 2.50. The molecule has 1 heterocycles. The number of carbonyl (C=O) groups excluding carboxylic acids is 1. The summed E-state index contributed by atoms with van der Waals surface area (Å²) >= 11 is 1.36. The number of aromatic hydroxyl groups is 1. The van der Waals surface area contributed by atoms with Crippen molar-refractivity contribution < 1.29 is 15.1 Å². The SMILES string of the molecule is O=C1CSC(c2ccc(O)cc2)N1O. The number of phenolic OH excluding ortho intramolecular Hbond substituents is 1. The van der Waals surface area contributed by atoms with Gasteiger partial charge in [0.15, 0.2) is 0 Å². The predicted octanol–water partition coefficient (Wildman–Crippen LogP) is 1.36. The van der Waals surface area contributed by atoms with E-state index in [0.717, 1.165) is 10.6 Å². The minimum atomic E-state index is -0.344. The van der Waals surface area contributed by atoms with Crippen molar-refractivity contribution >= 4 is 17.7 Å². The third-order valence-corrected chi connectivity index (χ3v) is 3.22. The molecule has 1 aromatic rings. The van der Waals surface area contributed by atoms with E-state index in [0.29, 0.717) is 5.75 Å². The summed E-state index contributed by atoms with van der Waals surface area (Å²) in [5, 5.41) is 18.8. The molecule has 0 saturated carbocycles. The van der Waals surface area contributed by atoms with E-state index in [2.05, 4.69) is 0 Å². The summed E-state index contributed by atoms with van der Waals surface area (Å²) in [7, 11) is 0. The van der Waals surface area contributed by atoms with Crippen molar-refractivity contribution in [1.29, 1.82) is 0 Å². The Balaban J connectivity index is 2.23. The van der Waals surface area contributed by atoms with Gasteiger partial charge in [-0.05, 0) is 17.7 Å². The molecule has 0 aliphatic carbocycles. The smallest absolute Gasteiger partial charge is 0.257 e. The first-order valence-electron chi connectivity index (χ1n) is 4.10. The average molecular weight is 211 g/mol. The molecule has 1 aromatic carbocycles. The Morgan fingerprint density at radius 3 is 2.50 bits per heavy atom. The van der Waals surface area contributed by atoms with Gasteiger partial charge in [0, 0.05) is 0 Å². The number of amides is 1. The predicted molar refractivity (Wildman–Crippen MR) is 51.9 cm³/mol. The van der Waals surface area contributed by atoms with E-state index in [-0.39, 0.29) is 17.0 Å². The molecule has 1 unspecified atom stereocenters. The molecule has 1 amide bonds. The number of benzene rings is 1. The minimum absolute atomic E-state index is 0.174. The molecule has 0 bridgehead atoms. The number of hydroxylamine groups is 2. The number of hydrogen-bond donors (Lipinski definition) is 2. The molecule has 0 radical (unpaired) electrons. The zero-order chi connectivity index (χ0) is 10.1. The minimum Gasteiger partial charge on any atom is -0.508 e. The fourth-order valence-electron chi connectivity index (χ4n) is 1.29. The number of rotatable bonds is 1. The number of nitrogens with zero attached hydrogens (tertiary/aromatic N) is 1. The maximum Gasteiger partial charge on any atom is 0.257 e. The van der Waals surface area contributed by atoms with Gasteiger partial charge >= 0.3 is 0 Å². The molecule has 0 spiro atoms. The highest BCUT2D eigenvalue weighted by Gasteiger charge is 2.31. The van der Waals surface area contributed by atoms with Gasteiger partial charge < -0.3 is 5.11 Å². The van der Waals surface area contributed by atoms with Gasteiger partial charge in [0.2, 0.25) is 0 Å². The van der Waals surface area contributed by atoms with Crippen molar-refractivity contribution in [3.05, 3.63) is 29.8 Å². The van der Waals surface area contributed by atoms with Crippen molar-refractivity contribution in [3.63, 3.8) is 0 Å². The normalized spacial score (nSPS) is 21.6. The third kappa shape index (κ3) is 1.56. The van der Waals surface area contributed by atoms with Crippen LogP contribution in [0.4, 0.5) is 0 Å². The second-order valence-electron chi connectivity index (χ2n) is 2.99. The lowest BCUT2D eigenvalue weighted by molar-refractivity contribution is -0.162. The Kier molecular flexibility index (Phi) is 2.35. The topological polar surface area (TPSA) is 60.8 Å². The van der Waals surface area contributed by atoms with E-state index in [1.807, 2.05) is 0 Å². The Hall–Kier alpha value is -1.20. The van der Waals surface area contributed by atoms with Gasteiger partial charge in [-0.25, -0.2) is 5.06 Å². The van der Waals surface area contributed by atoms with Crippen LogP contribution in [0.3, 0.4) is 0 Å². The Morgan fingerprint density at radius 1 is 1.36 bits per heavy atom. The molecule has 1 saturated heterocycles. The fourth-order valence-corrected chi connectivity index (χ4v) is 2.34.